The molecule has 0 saturated heterocycles. The third kappa shape index (κ3) is 2.28. The highest BCUT2D eigenvalue weighted by Crippen LogP contribution is 2.21. The van der Waals surface area contributed by atoms with Gasteiger partial charge in [-0.15, -0.1) is 0 Å². The number of rotatable bonds is 3. The summed E-state index contributed by atoms with van der Waals surface area (Å²) >= 11 is 1.10. The Labute approximate surface area is 118 Å². The van der Waals surface area contributed by atoms with Gasteiger partial charge in [0.15, 0.2) is 0 Å². The predicted octanol–water partition coefficient (Wildman–Crippen LogP) is 1.74. The van der Waals surface area contributed by atoms with E-state index >= 15 is 0 Å². The van der Waals surface area contributed by atoms with Crippen molar-refractivity contribution < 1.29 is 9.53 Å². The molecule has 0 saturated carbocycles. The quantitative estimate of drug-likeness (QED) is 0.789. The lowest BCUT2D eigenvalue weighted by Crippen LogP contribution is -2.14. The van der Waals surface area contributed by atoms with Gasteiger partial charge in [0.2, 0.25) is 5.88 Å². The summed E-state index contributed by atoms with van der Waals surface area (Å²) in [5, 5.41) is 2.76. The minimum absolute atomic E-state index is 0.219. The highest BCUT2D eigenvalue weighted by molar-refractivity contribution is 7.00. The van der Waals surface area contributed by atoms with Crippen LogP contribution in [0.4, 0.5) is 5.69 Å². The average molecular weight is 287 g/mol. The van der Waals surface area contributed by atoms with Gasteiger partial charge < -0.3 is 10.1 Å². The summed E-state index contributed by atoms with van der Waals surface area (Å²) in [7, 11) is 1.48. The summed E-state index contributed by atoms with van der Waals surface area (Å²) in [6.45, 7) is 0. The van der Waals surface area contributed by atoms with Crippen molar-refractivity contribution >= 4 is 34.4 Å². The van der Waals surface area contributed by atoms with Gasteiger partial charge in [0, 0.05) is 6.07 Å². The van der Waals surface area contributed by atoms with Crippen LogP contribution >= 0.6 is 11.7 Å². The molecule has 2 heterocycles. The molecule has 1 aromatic carbocycles. The number of ether oxygens (including phenoxy) is 1. The molecule has 8 heteroatoms. The maximum absolute atomic E-state index is 12.1. The number of nitrogens with one attached hydrogen (secondary N) is 1. The van der Waals surface area contributed by atoms with Gasteiger partial charge >= 0.3 is 0 Å². The molecule has 3 rings (SSSR count). The van der Waals surface area contributed by atoms with E-state index in [0.29, 0.717) is 17.1 Å². The number of fused-ring (bicyclic) bond motifs is 1. The van der Waals surface area contributed by atoms with Crippen LogP contribution < -0.4 is 10.1 Å². The molecule has 3 aromatic rings. The maximum Gasteiger partial charge on any atom is 0.274 e. The zero-order chi connectivity index (χ0) is 13.9. The fourth-order valence-corrected chi connectivity index (χ4v) is 2.22. The number of anilines is 1. The minimum Gasteiger partial charge on any atom is -0.481 e. The summed E-state index contributed by atoms with van der Waals surface area (Å²) in [5.74, 6) is -0.0233. The van der Waals surface area contributed by atoms with Crippen LogP contribution in [-0.4, -0.2) is 31.7 Å². The van der Waals surface area contributed by atoms with Gasteiger partial charge in [-0.05, 0) is 12.1 Å². The number of benzene rings is 1. The fourth-order valence-electron chi connectivity index (χ4n) is 1.67. The van der Waals surface area contributed by atoms with E-state index in [-0.39, 0.29) is 11.6 Å². The molecule has 0 spiro atoms. The highest BCUT2D eigenvalue weighted by Gasteiger charge is 2.12. The normalized spacial score (nSPS) is 10.4. The Morgan fingerprint density at radius 3 is 3.05 bits per heavy atom. The van der Waals surface area contributed by atoms with Crippen LogP contribution in [0.3, 0.4) is 0 Å². The van der Waals surface area contributed by atoms with Crippen LogP contribution in [0.25, 0.3) is 11.0 Å². The molecule has 0 unspecified atom stereocenters. The lowest BCUT2D eigenvalue weighted by molar-refractivity contribution is 0.102. The second kappa shape index (κ2) is 5.17. The van der Waals surface area contributed by atoms with Gasteiger partial charge in [0.1, 0.15) is 23.1 Å². The highest BCUT2D eigenvalue weighted by atomic mass is 32.1. The van der Waals surface area contributed by atoms with Crippen LogP contribution in [0.15, 0.2) is 30.6 Å². The third-order valence-electron chi connectivity index (χ3n) is 2.62. The van der Waals surface area contributed by atoms with E-state index in [0.717, 1.165) is 17.2 Å². The largest absolute Gasteiger partial charge is 0.481 e. The molecule has 0 radical (unpaired) electrons. The van der Waals surface area contributed by atoms with E-state index in [9.17, 15) is 4.79 Å². The van der Waals surface area contributed by atoms with E-state index in [1.165, 1.54) is 19.5 Å². The molecule has 0 fully saturated rings. The average Bonchev–Trinajstić information content (AvgIpc) is 2.97. The molecule has 0 bridgehead atoms. The van der Waals surface area contributed by atoms with Crippen LogP contribution in [0.1, 0.15) is 10.5 Å². The number of nitrogens with zero attached hydrogens (tertiary/aromatic N) is 4. The first-order chi connectivity index (χ1) is 9.78. The van der Waals surface area contributed by atoms with Crippen molar-refractivity contribution in [3.63, 3.8) is 0 Å². The van der Waals surface area contributed by atoms with Gasteiger partial charge in [-0.3, -0.25) is 4.79 Å². The SMILES string of the molecule is COc1cc(C(=O)Nc2cccc3nsnc23)ncn1. The van der Waals surface area contributed by atoms with Crippen LogP contribution in [0, 0.1) is 0 Å². The van der Waals surface area contributed by atoms with Gasteiger partial charge in [0.05, 0.1) is 24.5 Å². The van der Waals surface area contributed by atoms with Crippen molar-refractivity contribution in [3.05, 3.63) is 36.3 Å². The number of hydrogen-bond acceptors (Lipinski definition) is 7. The molecule has 1 amide bonds. The van der Waals surface area contributed by atoms with E-state index in [4.69, 9.17) is 4.74 Å². The Kier molecular flexibility index (Phi) is 3.21. The lowest BCUT2D eigenvalue weighted by Gasteiger charge is -2.05. The number of carbonyl (C=O) groups is 1. The maximum atomic E-state index is 12.1. The Hall–Kier alpha value is -2.61. The van der Waals surface area contributed by atoms with E-state index in [1.807, 2.05) is 6.07 Å². The molecule has 0 aliphatic carbocycles. The first-order valence-corrected chi connectivity index (χ1v) is 6.39. The number of hydrogen-bond donors (Lipinski definition) is 1. The molecule has 2 aromatic heterocycles. The zero-order valence-corrected chi connectivity index (χ0v) is 11.2. The van der Waals surface area contributed by atoms with Crippen molar-refractivity contribution in [1.29, 1.82) is 0 Å². The van der Waals surface area contributed by atoms with Crippen molar-refractivity contribution in [2.45, 2.75) is 0 Å². The molecule has 0 aliphatic heterocycles. The number of methoxy groups -OCH3 is 1. The summed E-state index contributed by atoms with van der Waals surface area (Å²) in [6, 6.07) is 6.87. The second-order valence-corrected chi connectivity index (χ2v) is 4.37. The molecule has 7 nitrogen and oxygen atoms in total. The van der Waals surface area contributed by atoms with Gasteiger partial charge in [-0.25, -0.2) is 9.97 Å². The summed E-state index contributed by atoms with van der Waals surface area (Å²) in [6.07, 6.45) is 1.28. The summed E-state index contributed by atoms with van der Waals surface area (Å²) in [4.78, 5) is 19.9. The summed E-state index contributed by atoms with van der Waals surface area (Å²) < 4.78 is 13.2. The lowest BCUT2D eigenvalue weighted by atomic mass is 10.2. The van der Waals surface area contributed by atoms with E-state index < -0.39 is 0 Å². The number of aromatic nitrogens is 4. The van der Waals surface area contributed by atoms with Crippen molar-refractivity contribution in [3.8, 4) is 5.88 Å². The van der Waals surface area contributed by atoms with Gasteiger partial charge in [-0.1, -0.05) is 6.07 Å². The van der Waals surface area contributed by atoms with Gasteiger partial charge in [0.25, 0.3) is 5.91 Å². The van der Waals surface area contributed by atoms with Crippen molar-refractivity contribution in [1.82, 2.24) is 18.7 Å². The second-order valence-electron chi connectivity index (χ2n) is 3.84. The van der Waals surface area contributed by atoms with Crippen LogP contribution in [0.2, 0.25) is 0 Å². The molecule has 20 heavy (non-hydrogen) atoms. The molecule has 100 valence electrons. The van der Waals surface area contributed by atoms with Crippen molar-refractivity contribution in [2.75, 3.05) is 12.4 Å². The topological polar surface area (TPSA) is 89.9 Å². The first kappa shape index (κ1) is 12.4. The Morgan fingerprint density at radius 1 is 1.30 bits per heavy atom. The smallest absolute Gasteiger partial charge is 0.274 e. The Morgan fingerprint density at radius 2 is 2.20 bits per heavy atom. The minimum atomic E-state index is -0.355. The van der Waals surface area contributed by atoms with E-state index in [1.54, 1.807) is 12.1 Å². The zero-order valence-electron chi connectivity index (χ0n) is 10.4. The standard InChI is InChI=1S/C12H9N5O2S/c1-19-10-5-9(13-6-14-10)12(18)15-7-3-2-4-8-11(7)17-20-16-8/h2-6H,1H3,(H,15,18). The third-order valence-corrected chi connectivity index (χ3v) is 3.16. The fraction of sp³-hybridized carbons (Fsp3) is 0.0833. The van der Waals surface area contributed by atoms with Crippen molar-refractivity contribution in [2.24, 2.45) is 0 Å². The summed E-state index contributed by atoms with van der Waals surface area (Å²) in [5.41, 5.74) is 2.22. The number of amides is 1. The number of carbonyl (C=O) groups excluding carboxylic acids is 1. The van der Waals surface area contributed by atoms with E-state index in [2.05, 4.69) is 24.0 Å². The molecule has 1 N–H and O–H groups in total. The Balaban J connectivity index is 1.90. The Bertz CT molecular complexity index is 773. The first-order valence-electron chi connectivity index (χ1n) is 5.66. The molecule has 0 atom stereocenters. The van der Waals surface area contributed by atoms with Crippen LogP contribution in [-0.2, 0) is 0 Å². The molecular weight excluding hydrogens is 278 g/mol. The van der Waals surface area contributed by atoms with Gasteiger partial charge in [-0.2, -0.15) is 8.75 Å². The van der Waals surface area contributed by atoms with Crippen LogP contribution in [0.5, 0.6) is 5.88 Å². The monoisotopic (exact) mass is 287 g/mol. The molecule has 0 aliphatic rings. The predicted molar refractivity (Wildman–Crippen MR) is 74.0 cm³/mol. The molecular formula is C12H9N5O2S.